The Hall–Kier alpha value is 2.26. The van der Waals surface area contributed by atoms with Gasteiger partial charge in [0.15, 0.2) is 0 Å². The minimum absolute atomic E-state index is 0.780. The summed E-state index contributed by atoms with van der Waals surface area (Å²) in [7, 11) is 0. The van der Waals surface area contributed by atoms with E-state index in [4.69, 9.17) is 5.63 Å². The fourth-order valence-corrected chi connectivity index (χ4v) is 9.60. The van der Waals surface area contributed by atoms with E-state index in [1.165, 1.54) is 0 Å². The van der Waals surface area contributed by atoms with Gasteiger partial charge in [-0.1, -0.05) is 0 Å². The molecule has 0 spiro atoms. The molecule has 0 bridgehead atoms. The van der Waals surface area contributed by atoms with Gasteiger partial charge in [0.1, 0.15) is 0 Å². The van der Waals surface area contributed by atoms with Crippen LogP contribution in [0.3, 0.4) is 0 Å². The Balaban J connectivity index is 3.43. The van der Waals surface area contributed by atoms with Gasteiger partial charge in [-0.15, -0.1) is 0 Å². The molecule has 0 aliphatic heterocycles. The first-order valence-electron chi connectivity index (χ1n) is 2.78. The van der Waals surface area contributed by atoms with E-state index in [0.717, 1.165) is 13.2 Å². The van der Waals surface area contributed by atoms with E-state index in [2.05, 4.69) is 36.1 Å². The van der Waals surface area contributed by atoms with E-state index < -0.39 is 12.8 Å². The summed E-state index contributed by atoms with van der Waals surface area (Å²) in [5, 5.41) is 0. The average Bonchev–Trinajstić information content (AvgIpc) is 1.64. The summed E-state index contributed by atoms with van der Waals surface area (Å²) in [4.78, 5) is 0. The zero-order chi connectivity index (χ0) is 7.33. The van der Waals surface area contributed by atoms with Gasteiger partial charge in [-0.2, -0.15) is 0 Å². The fraction of sp³-hybridized carbons (Fsp3) is 1.00. The standard InChI is InChI=1S/2C2H5O.2HI.Zr/c2*1-2-3;;;/h2*2H2,1H3;2*1H;/q2*-1;;;+4/p-2. The van der Waals surface area contributed by atoms with Crippen molar-refractivity contribution in [2.24, 2.45) is 0 Å². The molecule has 0 amide bonds. The molecule has 0 aliphatic carbocycles. The molecule has 56 valence electrons. The second-order valence-electron chi connectivity index (χ2n) is 1.33. The molecule has 0 aromatic rings. The first kappa shape index (κ1) is 11.3. The van der Waals surface area contributed by atoms with Crippen LogP contribution in [0.5, 0.6) is 0 Å². The zero-order valence-corrected chi connectivity index (χ0v) is 12.3. The Labute approximate surface area is 80.1 Å². The van der Waals surface area contributed by atoms with Crippen LogP contribution in [-0.2, 0) is 18.4 Å². The molecule has 2 nitrogen and oxygen atoms in total. The van der Waals surface area contributed by atoms with E-state index in [0.29, 0.717) is 0 Å². The van der Waals surface area contributed by atoms with Gasteiger partial charge >= 0.3 is 81.5 Å². The molecule has 9 heavy (non-hydrogen) atoms. The van der Waals surface area contributed by atoms with Gasteiger partial charge in [0.25, 0.3) is 0 Å². The number of hydrogen-bond acceptors (Lipinski definition) is 2. The molecule has 0 aliphatic rings. The summed E-state index contributed by atoms with van der Waals surface area (Å²) in [6, 6.07) is 0. The van der Waals surface area contributed by atoms with E-state index in [-0.39, 0.29) is 0 Å². The molecule has 0 saturated heterocycles. The van der Waals surface area contributed by atoms with Crippen LogP contribution < -0.4 is 0 Å². The Morgan fingerprint density at radius 2 is 1.44 bits per heavy atom. The predicted octanol–water partition coefficient (Wildman–Crippen LogP) is 2.74. The van der Waals surface area contributed by atoms with Gasteiger partial charge < -0.3 is 0 Å². The molecular formula is C4H10I2O2Zr. The van der Waals surface area contributed by atoms with E-state index >= 15 is 0 Å². The number of hydrogen-bond donors (Lipinski definition) is 0. The van der Waals surface area contributed by atoms with Crippen molar-refractivity contribution >= 4 is 36.1 Å². The van der Waals surface area contributed by atoms with Crippen molar-refractivity contribution in [1.82, 2.24) is 0 Å². The van der Waals surface area contributed by atoms with Crippen LogP contribution in [0.2, 0.25) is 0 Å². The molecule has 5 heteroatoms. The third kappa shape index (κ3) is 6.65. The number of halogens is 2. The maximum absolute atomic E-state index is 5.43. The predicted molar refractivity (Wildman–Crippen MR) is 51.3 cm³/mol. The molecule has 0 heterocycles. The van der Waals surface area contributed by atoms with Crippen LogP contribution in [0.4, 0.5) is 0 Å². The van der Waals surface area contributed by atoms with Gasteiger partial charge in [0.05, 0.1) is 0 Å². The molecule has 0 rings (SSSR count). The molecule has 0 fully saturated rings. The third-order valence-corrected chi connectivity index (χ3v) is 11.1. The third-order valence-electron chi connectivity index (χ3n) is 0.625. The Morgan fingerprint density at radius 1 is 1.11 bits per heavy atom. The Bertz CT molecular complexity index is 71.0. The van der Waals surface area contributed by atoms with Crippen molar-refractivity contribution in [3.63, 3.8) is 0 Å². The van der Waals surface area contributed by atoms with E-state index in [1.54, 1.807) is 0 Å². The quantitative estimate of drug-likeness (QED) is 0.633. The topological polar surface area (TPSA) is 18.5 Å². The first-order valence-corrected chi connectivity index (χ1v) is 19.4. The molecule has 0 aromatic heterocycles. The Kier molecular flexibility index (Phi) is 7.33. The minimum atomic E-state index is -2.43. The van der Waals surface area contributed by atoms with Crippen LogP contribution in [0.15, 0.2) is 0 Å². The van der Waals surface area contributed by atoms with Gasteiger partial charge in [-0.05, 0) is 0 Å². The molecule has 0 N–H and O–H groups in total. The van der Waals surface area contributed by atoms with Crippen molar-refractivity contribution in [3.05, 3.63) is 0 Å². The monoisotopic (exact) mass is 434 g/mol. The summed E-state index contributed by atoms with van der Waals surface area (Å²) in [5.74, 6) is 0. The van der Waals surface area contributed by atoms with Crippen molar-refractivity contribution in [2.45, 2.75) is 13.8 Å². The fourth-order valence-electron chi connectivity index (χ4n) is 0.378. The summed E-state index contributed by atoms with van der Waals surface area (Å²) in [6.45, 7) is 5.56. The average molecular weight is 435 g/mol. The molecule has 0 atom stereocenters. The number of rotatable bonds is 4. The normalized spacial score (nSPS) is 12.0. The van der Waals surface area contributed by atoms with Gasteiger partial charge in [0, 0.05) is 0 Å². The molecule has 0 radical (unpaired) electrons. The SMILES string of the molecule is CC[O][Zr]([I])([I])[O]CC. The Morgan fingerprint density at radius 3 is 1.67 bits per heavy atom. The molecule has 0 aromatic carbocycles. The summed E-state index contributed by atoms with van der Waals surface area (Å²) in [5.41, 5.74) is 0. The van der Waals surface area contributed by atoms with Gasteiger partial charge in [0.2, 0.25) is 0 Å². The van der Waals surface area contributed by atoms with Gasteiger partial charge in [-0.3, -0.25) is 0 Å². The molecule has 0 unspecified atom stereocenters. The van der Waals surface area contributed by atoms with E-state index in [9.17, 15) is 0 Å². The summed E-state index contributed by atoms with van der Waals surface area (Å²) >= 11 is 2.22. The van der Waals surface area contributed by atoms with Crippen LogP contribution >= 0.6 is 36.1 Å². The maximum atomic E-state index is 5.43. The first-order chi connectivity index (χ1) is 4.12. The summed E-state index contributed by atoms with van der Waals surface area (Å²) in [6.07, 6.45) is 0. The van der Waals surface area contributed by atoms with Crippen LogP contribution in [0.25, 0.3) is 0 Å². The zero-order valence-electron chi connectivity index (χ0n) is 5.49. The molecular weight excluding hydrogens is 425 g/mol. The van der Waals surface area contributed by atoms with Crippen LogP contribution in [-0.4, -0.2) is 13.2 Å². The molecule has 0 saturated carbocycles. The van der Waals surface area contributed by atoms with Crippen molar-refractivity contribution in [1.29, 1.82) is 0 Å². The summed E-state index contributed by atoms with van der Waals surface area (Å²) < 4.78 is 10.9. The van der Waals surface area contributed by atoms with Crippen molar-refractivity contribution in [2.75, 3.05) is 13.2 Å². The van der Waals surface area contributed by atoms with E-state index in [1.807, 2.05) is 13.8 Å². The van der Waals surface area contributed by atoms with Crippen LogP contribution in [0, 0.1) is 0 Å². The second-order valence-corrected chi connectivity index (χ2v) is 34.0. The van der Waals surface area contributed by atoms with Crippen LogP contribution in [0.1, 0.15) is 13.8 Å². The van der Waals surface area contributed by atoms with Crippen molar-refractivity contribution < 1.29 is 18.4 Å². The second kappa shape index (κ2) is 5.86. The van der Waals surface area contributed by atoms with Crippen molar-refractivity contribution in [3.8, 4) is 0 Å². The van der Waals surface area contributed by atoms with Gasteiger partial charge in [-0.25, -0.2) is 0 Å².